The quantitative estimate of drug-likeness (QED) is 0.165. The number of aliphatic hydroxyl groups excluding tert-OH is 1. The number of benzene rings is 3. The number of aromatic nitrogens is 1. The largest absolute Gasteiger partial charge is 0.507 e. The number of Topliss-reactive ketones (excluding diaryl/α,β-unsaturated/α-hetero) is 1. The van der Waals surface area contributed by atoms with Gasteiger partial charge in [0.15, 0.2) is 16.6 Å². The molecule has 0 spiro atoms. The maximum absolute atomic E-state index is 13.5. The van der Waals surface area contributed by atoms with Crippen LogP contribution in [-0.4, -0.2) is 41.6 Å². The van der Waals surface area contributed by atoms with Crippen LogP contribution in [-0.2, 0) is 9.59 Å². The number of halogens is 2. The minimum Gasteiger partial charge on any atom is -0.507 e. The molecular weight excluding hydrogens is 563 g/mol. The predicted octanol–water partition coefficient (Wildman–Crippen LogP) is 6.40. The molecule has 1 saturated heterocycles. The molecule has 0 radical (unpaired) electrons. The van der Waals surface area contributed by atoms with Crippen LogP contribution in [0.2, 0.25) is 10.0 Å². The van der Waals surface area contributed by atoms with Gasteiger partial charge in [-0.1, -0.05) is 40.6 Å². The minimum atomic E-state index is -1.01. The van der Waals surface area contributed by atoms with E-state index in [4.69, 9.17) is 37.4 Å². The van der Waals surface area contributed by atoms with Gasteiger partial charge in [0.05, 0.1) is 38.5 Å². The van der Waals surface area contributed by atoms with Crippen LogP contribution in [0.3, 0.4) is 0 Å². The third-order valence-corrected chi connectivity index (χ3v) is 8.14. The topological polar surface area (TPSA) is 98.2 Å². The molecule has 4 aromatic rings. The molecular formula is C28H20Cl2N2O6S. The lowest BCUT2D eigenvalue weighted by atomic mass is 9.95. The van der Waals surface area contributed by atoms with E-state index in [2.05, 4.69) is 4.98 Å². The highest BCUT2D eigenvalue weighted by atomic mass is 35.5. The van der Waals surface area contributed by atoms with Crippen LogP contribution in [0.1, 0.15) is 24.1 Å². The summed E-state index contributed by atoms with van der Waals surface area (Å²) in [6, 6.07) is 14.1. The van der Waals surface area contributed by atoms with E-state index in [0.29, 0.717) is 58.7 Å². The number of aliphatic hydroxyl groups is 1. The summed E-state index contributed by atoms with van der Waals surface area (Å²) in [6.07, 6.45) is 0. The molecule has 1 amide bonds. The Kier molecular flexibility index (Phi) is 6.58. The van der Waals surface area contributed by atoms with Crippen molar-refractivity contribution in [3.05, 3.63) is 81.3 Å². The summed E-state index contributed by atoms with van der Waals surface area (Å²) in [5, 5.41) is 12.3. The summed E-state index contributed by atoms with van der Waals surface area (Å²) in [5.74, 6) is -0.408. The van der Waals surface area contributed by atoms with Crippen LogP contribution in [0.5, 0.6) is 17.2 Å². The van der Waals surface area contributed by atoms with Crippen molar-refractivity contribution in [3.63, 3.8) is 0 Å². The zero-order valence-corrected chi connectivity index (χ0v) is 22.8. The normalized spacial score (nSPS) is 18.1. The fourth-order valence-electron chi connectivity index (χ4n) is 4.63. The van der Waals surface area contributed by atoms with Crippen LogP contribution in [0.4, 0.5) is 5.13 Å². The van der Waals surface area contributed by atoms with Crippen LogP contribution < -0.4 is 19.1 Å². The number of rotatable bonds is 5. The molecule has 1 aromatic heterocycles. The molecule has 11 heteroatoms. The molecule has 3 aromatic carbocycles. The van der Waals surface area contributed by atoms with Gasteiger partial charge in [0, 0.05) is 5.56 Å². The molecule has 198 valence electrons. The van der Waals surface area contributed by atoms with E-state index >= 15 is 0 Å². The number of fused-ring (bicyclic) bond motifs is 2. The van der Waals surface area contributed by atoms with Crippen LogP contribution >= 0.6 is 34.5 Å². The van der Waals surface area contributed by atoms with E-state index in [9.17, 15) is 14.7 Å². The lowest BCUT2D eigenvalue weighted by molar-refractivity contribution is -0.132. The zero-order chi connectivity index (χ0) is 27.3. The molecule has 6 rings (SSSR count). The maximum atomic E-state index is 13.5. The molecule has 3 heterocycles. The molecule has 1 atom stereocenters. The van der Waals surface area contributed by atoms with Crippen molar-refractivity contribution in [1.29, 1.82) is 0 Å². The lowest BCUT2D eigenvalue weighted by Crippen LogP contribution is -2.29. The van der Waals surface area contributed by atoms with Crippen LogP contribution in [0.15, 0.2) is 60.2 Å². The van der Waals surface area contributed by atoms with Crippen molar-refractivity contribution < 1.29 is 28.9 Å². The molecule has 1 fully saturated rings. The van der Waals surface area contributed by atoms with Gasteiger partial charge >= 0.3 is 5.91 Å². The van der Waals surface area contributed by atoms with Gasteiger partial charge in [0.25, 0.3) is 5.78 Å². The van der Waals surface area contributed by atoms with Crippen molar-refractivity contribution in [2.24, 2.45) is 0 Å². The summed E-state index contributed by atoms with van der Waals surface area (Å²) in [4.78, 5) is 33.0. The third kappa shape index (κ3) is 4.46. The van der Waals surface area contributed by atoms with Crippen molar-refractivity contribution in [1.82, 2.24) is 4.98 Å². The first-order valence-corrected chi connectivity index (χ1v) is 13.6. The zero-order valence-electron chi connectivity index (χ0n) is 20.4. The fourth-order valence-corrected chi connectivity index (χ4v) is 5.95. The van der Waals surface area contributed by atoms with Gasteiger partial charge in [-0.25, -0.2) is 4.98 Å². The third-order valence-electron chi connectivity index (χ3n) is 6.39. The molecule has 2 aliphatic heterocycles. The second-order valence-corrected chi connectivity index (χ2v) is 10.6. The lowest BCUT2D eigenvalue weighted by Gasteiger charge is -2.23. The summed E-state index contributed by atoms with van der Waals surface area (Å²) in [6.45, 7) is 3.16. The van der Waals surface area contributed by atoms with Crippen molar-refractivity contribution in [2.45, 2.75) is 13.0 Å². The Morgan fingerprint density at radius 2 is 1.85 bits per heavy atom. The Morgan fingerprint density at radius 1 is 1.05 bits per heavy atom. The van der Waals surface area contributed by atoms with E-state index in [1.54, 1.807) is 48.5 Å². The Hall–Kier alpha value is -3.79. The molecule has 0 saturated carbocycles. The van der Waals surface area contributed by atoms with Gasteiger partial charge < -0.3 is 19.3 Å². The number of thiazole rings is 1. The van der Waals surface area contributed by atoms with Crippen LogP contribution in [0.25, 0.3) is 16.0 Å². The standard InChI is InChI=1S/C28H20Cl2N2O6S/c1-2-36-16-5-7-19-22(13-16)39-28(31-19)32-24(14-3-6-17(29)18(30)11-14)23(26(34)27(32)35)25(33)15-4-8-20-21(12-15)38-10-9-37-20/h3-8,11-13,24,33H,2,9-10H2,1H3/b25-23-. The first-order valence-electron chi connectivity index (χ1n) is 12.0. The second kappa shape index (κ2) is 10.1. The number of anilines is 1. The van der Waals surface area contributed by atoms with E-state index in [1.165, 1.54) is 16.2 Å². The van der Waals surface area contributed by atoms with Gasteiger partial charge in [-0.3, -0.25) is 14.5 Å². The average molecular weight is 583 g/mol. The predicted molar refractivity (Wildman–Crippen MR) is 149 cm³/mol. The summed E-state index contributed by atoms with van der Waals surface area (Å²) >= 11 is 13.7. The summed E-state index contributed by atoms with van der Waals surface area (Å²) in [5.41, 5.74) is 1.31. The second-order valence-electron chi connectivity index (χ2n) is 8.76. The van der Waals surface area contributed by atoms with E-state index in [1.807, 2.05) is 13.0 Å². The summed E-state index contributed by atoms with van der Waals surface area (Å²) < 4.78 is 17.6. The van der Waals surface area contributed by atoms with Crippen molar-refractivity contribution in [3.8, 4) is 17.2 Å². The summed E-state index contributed by atoms with van der Waals surface area (Å²) in [7, 11) is 0. The van der Waals surface area contributed by atoms with E-state index in [0.717, 1.165) is 4.70 Å². The SMILES string of the molecule is CCOc1ccc2nc(N3C(=O)C(=O)/C(=C(\O)c4ccc5c(c4)OCCO5)C3c3ccc(Cl)c(Cl)c3)sc2c1. The van der Waals surface area contributed by atoms with Crippen molar-refractivity contribution in [2.75, 3.05) is 24.7 Å². The molecule has 8 nitrogen and oxygen atoms in total. The first-order chi connectivity index (χ1) is 18.9. The van der Waals surface area contributed by atoms with Gasteiger partial charge in [-0.15, -0.1) is 0 Å². The Morgan fingerprint density at radius 3 is 2.62 bits per heavy atom. The molecule has 1 unspecified atom stereocenters. The highest BCUT2D eigenvalue weighted by Gasteiger charge is 2.48. The van der Waals surface area contributed by atoms with Crippen LogP contribution in [0, 0.1) is 0 Å². The van der Waals surface area contributed by atoms with Gasteiger partial charge in [-0.2, -0.15) is 0 Å². The Balaban J connectivity index is 1.52. The number of hydrogen-bond donors (Lipinski definition) is 1. The Labute approximate surface area is 236 Å². The molecule has 2 aliphatic rings. The first kappa shape index (κ1) is 25.5. The highest BCUT2D eigenvalue weighted by Crippen LogP contribution is 2.46. The van der Waals surface area contributed by atoms with Gasteiger partial charge in [0.2, 0.25) is 0 Å². The molecule has 1 N–H and O–H groups in total. The monoisotopic (exact) mass is 582 g/mol. The minimum absolute atomic E-state index is 0.107. The number of carbonyl (C=O) groups is 2. The maximum Gasteiger partial charge on any atom is 0.301 e. The number of amides is 1. The van der Waals surface area contributed by atoms with E-state index in [-0.39, 0.29) is 21.5 Å². The number of ether oxygens (including phenoxy) is 3. The molecule has 0 bridgehead atoms. The van der Waals surface area contributed by atoms with Gasteiger partial charge in [-0.05, 0) is 61.0 Å². The van der Waals surface area contributed by atoms with Crippen molar-refractivity contribution >= 4 is 67.3 Å². The molecule has 0 aliphatic carbocycles. The number of nitrogens with zero attached hydrogens (tertiary/aromatic N) is 2. The molecule has 39 heavy (non-hydrogen) atoms. The van der Waals surface area contributed by atoms with E-state index < -0.39 is 17.7 Å². The number of hydrogen-bond acceptors (Lipinski definition) is 8. The smallest absolute Gasteiger partial charge is 0.301 e. The highest BCUT2D eigenvalue weighted by molar-refractivity contribution is 7.22. The fraction of sp³-hybridized carbons (Fsp3) is 0.179. The average Bonchev–Trinajstić information content (AvgIpc) is 3.47. The Bertz CT molecular complexity index is 1680. The number of carbonyl (C=O) groups excluding carboxylic acids is 2. The van der Waals surface area contributed by atoms with Gasteiger partial charge in [0.1, 0.15) is 24.7 Å². The number of ketones is 1.